The van der Waals surface area contributed by atoms with Crippen molar-refractivity contribution in [1.29, 1.82) is 5.26 Å². The van der Waals surface area contributed by atoms with Crippen LogP contribution in [-0.2, 0) is 0 Å². The summed E-state index contributed by atoms with van der Waals surface area (Å²) in [6.07, 6.45) is 0.906. The zero-order valence-electron chi connectivity index (χ0n) is 11.0. The van der Waals surface area contributed by atoms with Gasteiger partial charge in [0.15, 0.2) is 5.75 Å². The summed E-state index contributed by atoms with van der Waals surface area (Å²) in [5, 5.41) is 22.9. The molecule has 0 radical (unpaired) electrons. The molecule has 0 amide bonds. The second kappa shape index (κ2) is 7.34. The smallest absolute Gasteiger partial charge is 0.313 e. The van der Waals surface area contributed by atoms with Crippen LogP contribution in [0, 0.1) is 28.4 Å². The Hall–Kier alpha value is -2.13. The Bertz CT molecular complexity index is 483. The molecule has 0 aromatic heterocycles. The van der Waals surface area contributed by atoms with Crippen molar-refractivity contribution < 1.29 is 9.66 Å². The molecule has 0 aliphatic carbocycles. The highest BCUT2D eigenvalue weighted by Gasteiger charge is 2.19. The van der Waals surface area contributed by atoms with Crippen LogP contribution in [0.3, 0.4) is 0 Å². The Morgan fingerprint density at radius 1 is 1.58 bits per heavy atom. The Labute approximate surface area is 112 Å². The molecule has 0 heterocycles. The first-order valence-electron chi connectivity index (χ1n) is 6.10. The number of ether oxygens (including phenoxy) is 1. The molecule has 0 aliphatic heterocycles. The number of rotatable bonds is 7. The average molecular weight is 263 g/mol. The second-order valence-electron chi connectivity index (χ2n) is 4.13. The van der Waals surface area contributed by atoms with Crippen LogP contribution in [0.5, 0.6) is 5.75 Å². The van der Waals surface area contributed by atoms with Gasteiger partial charge in [0.1, 0.15) is 12.6 Å². The lowest BCUT2D eigenvalue weighted by molar-refractivity contribution is -0.386. The molecule has 0 bridgehead atoms. The van der Waals surface area contributed by atoms with Crippen molar-refractivity contribution in [1.82, 2.24) is 5.32 Å². The van der Waals surface area contributed by atoms with Crippen molar-refractivity contribution in [2.24, 2.45) is 0 Å². The number of nitriles is 1. The molecule has 0 spiro atoms. The standard InChI is InChI=1S/C13H17N3O3/c1-3-7-15-11(8-14)9-19-12-6-4-5-10(2)13(12)16(17)18/h4-6,11,15H,3,7,9H2,1-2H3. The van der Waals surface area contributed by atoms with Gasteiger partial charge in [0.05, 0.1) is 11.0 Å². The van der Waals surface area contributed by atoms with Crippen molar-refractivity contribution in [3.05, 3.63) is 33.9 Å². The topological polar surface area (TPSA) is 88.2 Å². The Kier molecular flexibility index (Phi) is 5.76. The quantitative estimate of drug-likeness (QED) is 0.601. The minimum atomic E-state index is -0.472. The first-order chi connectivity index (χ1) is 9.10. The first-order valence-corrected chi connectivity index (χ1v) is 6.10. The van der Waals surface area contributed by atoms with E-state index in [-0.39, 0.29) is 18.0 Å². The van der Waals surface area contributed by atoms with E-state index in [0.29, 0.717) is 12.1 Å². The van der Waals surface area contributed by atoms with Crippen LogP contribution in [0.25, 0.3) is 0 Å². The number of aryl methyl sites for hydroxylation is 1. The Balaban J connectivity index is 2.75. The zero-order valence-corrected chi connectivity index (χ0v) is 11.0. The summed E-state index contributed by atoms with van der Waals surface area (Å²) < 4.78 is 5.40. The maximum atomic E-state index is 11.0. The molecule has 19 heavy (non-hydrogen) atoms. The predicted molar refractivity (Wildman–Crippen MR) is 71.0 cm³/mol. The third-order valence-corrected chi connectivity index (χ3v) is 2.59. The summed E-state index contributed by atoms with van der Waals surface area (Å²) in [6.45, 7) is 4.44. The van der Waals surface area contributed by atoms with Crippen LogP contribution in [0.2, 0.25) is 0 Å². The maximum absolute atomic E-state index is 11.0. The van der Waals surface area contributed by atoms with Gasteiger partial charge in [-0.1, -0.05) is 19.1 Å². The lowest BCUT2D eigenvalue weighted by Gasteiger charge is -2.12. The fourth-order valence-corrected chi connectivity index (χ4v) is 1.62. The van der Waals surface area contributed by atoms with Crippen LogP contribution < -0.4 is 10.1 Å². The fourth-order valence-electron chi connectivity index (χ4n) is 1.62. The third-order valence-electron chi connectivity index (χ3n) is 2.59. The number of nitrogens with zero attached hydrogens (tertiary/aromatic N) is 2. The van der Waals surface area contributed by atoms with Gasteiger partial charge in [0, 0.05) is 5.56 Å². The minimum absolute atomic E-state index is 0.0466. The molecule has 0 saturated heterocycles. The highest BCUT2D eigenvalue weighted by atomic mass is 16.6. The molecule has 1 atom stereocenters. The summed E-state index contributed by atoms with van der Waals surface area (Å²) in [5.41, 5.74) is 0.493. The van der Waals surface area contributed by atoms with E-state index in [2.05, 4.69) is 11.4 Å². The molecule has 1 aromatic rings. The molecule has 1 rings (SSSR count). The third kappa shape index (κ3) is 4.23. The fraction of sp³-hybridized carbons (Fsp3) is 0.462. The number of benzene rings is 1. The van der Waals surface area contributed by atoms with Gasteiger partial charge in [-0.2, -0.15) is 5.26 Å². The van der Waals surface area contributed by atoms with Crippen LogP contribution in [-0.4, -0.2) is 24.1 Å². The van der Waals surface area contributed by atoms with Gasteiger partial charge in [0.25, 0.3) is 0 Å². The maximum Gasteiger partial charge on any atom is 0.313 e. The van der Waals surface area contributed by atoms with E-state index in [0.717, 1.165) is 6.42 Å². The molecule has 102 valence electrons. The molecule has 1 aromatic carbocycles. The summed E-state index contributed by atoms with van der Waals surface area (Å²) in [7, 11) is 0. The van der Waals surface area contributed by atoms with Crippen LogP contribution in [0.1, 0.15) is 18.9 Å². The van der Waals surface area contributed by atoms with Crippen molar-refractivity contribution >= 4 is 5.69 Å². The molecule has 1 unspecified atom stereocenters. The van der Waals surface area contributed by atoms with Gasteiger partial charge in [-0.05, 0) is 26.0 Å². The largest absolute Gasteiger partial charge is 0.484 e. The van der Waals surface area contributed by atoms with Gasteiger partial charge in [0.2, 0.25) is 0 Å². The molecule has 0 fully saturated rings. The van der Waals surface area contributed by atoms with E-state index in [1.165, 1.54) is 0 Å². The molecule has 6 heteroatoms. The van der Waals surface area contributed by atoms with E-state index in [1.807, 2.05) is 6.92 Å². The monoisotopic (exact) mass is 263 g/mol. The van der Waals surface area contributed by atoms with Gasteiger partial charge >= 0.3 is 5.69 Å². The summed E-state index contributed by atoms with van der Waals surface area (Å²) in [6, 6.07) is 6.48. The lowest BCUT2D eigenvalue weighted by Crippen LogP contribution is -2.33. The Morgan fingerprint density at radius 3 is 2.89 bits per heavy atom. The number of nitro benzene ring substituents is 1. The number of hydrogen-bond donors (Lipinski definition) is 1. The van der Waals surface area contributed by atoms with Gasteiger partial charge in [-0.3, -0.25) is 15.4 Å². The number of hydrogen-bond acceptors (Lipinski definition) is 5. The normalized spacial score (nSPS) is 11.6. The van der Waals surface area contributed by atoms with E-state index >= 15 is 0 Å². The van der Waals surface area contributed by atoms with Crippen molar-refractivity contribution in [3.63, 3.8) is 0 Å². The molecule has 0 aliphatic rings. The predicted octanol–water partition coefficient (Wildman–Crippen LogP) is 2.17. The minimum Gasteiger partial charge on any atom is -0.484 e. The van der Waals surface area contributed by atoms with E-state index in [9.17, 15) is 10.1 Å². The number of nitro groups is 1. The van der Waals surface area contributed by atoms with E-state index < -0.39 is 11.0 Å². The molecule has 1 N–H and O–H groups in total. The Morgan fingerprint density at radius 2 is 2.32 bits per heavy atom. The van der Waals surface area contributed by atoms with E-state index in [1.54, 1.807) is 25.1 Å². The SMILES string of the molecule is CCCNC(C#N)COc1cccc(C)c1[N+](=O)[O-]. The van der Waals surface area contributed by atoms with Gasteiger partial charge in [-0.15, -0.1) is 0 Å². The number of para-hydroxylation sites is 1. The van der Waals surface area contributed by atoms with Crippen LogP contribution in [0.4, 0.5) is 5.69 Å². The van der Waals surface area contributed by atoms with E-state index in [4.69, 9.17) is 10.00 Å². The van der Waals surface area contributed by atoms with Gasteiger partial charge in [-0.25, -0.2) is 0 Å². The first kappa shape index (κ1) is 14.9. The summed E-state index contributed by atoms with van der Waals surface area (Å²) in [4.78, 5) is 10.5. The van der Waals surface area contributed by atoms with Crippen molar-refractivity contribution in [2.75, 3.05) is 13.2 Å². The van der Waals surface area contributed by atoms with Gasteiger partial charge < -0.3 is 4.74 Å². The summed E-state index contributed by atoms with van der Waals surface area (Å²) >= 11 is 0. The highest BCUT2D eigenvalue weighted by molar-refractivity contribution is 5.52. The molecule has 6 nitrogen and oxygen atoms in total. The summed E-state index contributed by atoms with van der Waals surface area (Å²) in [5.74, 6) is 0.198. The second-order valence-corrected chi connectivity index (χ2v) is 4.13. The lowest BCUT2D eigenvalue weighted by atomic mass is 10.2. The van der Waals surface area contributed by atoms with Crippen LogP contribution in [0.15, 0.2) is 18.2 Å². The van der Waals surface area contributed by atoms with Crippen LogP contribution >= 0.6 is 0 Å². The molecular weight excluding hydrogens is 246 g/mol. The highest BCUT2D eigenvalue weighted by Crippen LogP contribution is 2.30. The zero-order chi connectivity index (χ0) is 14.3. The molecular formula is C13H17N3O3. The van der Waals surface area contributed by atoms with Crippen molar-refractivity contribution in [3.8, 4) is 11.8 Å². The van der Waals surface area contributed by atoms with Crippen molar-refractivity contribution in [2.45, 2.75) is 26.3 Å². The number of nitrogens with one attached hydrogen (secondary N) is 1. The molecule has 0 saturated carbocycles. The average Bonchev–Trinajstić information content (AvgIpc) is 2.38.